The van der Waals surface area contributed by atoms with Crippen molar-refractivity contribution in [3.05, 3.63) is 168 Å². The lowest BCUT2D eigenvalue weighted by molar-refractivity contribution is -0.777. The van der Waals surface area contributed by atoms with Crippen LogP contribution in [0.1, 0.15) is 71.9 Å². The molecule has 372 valence electrons. The summed E-state index contributed by atoms with van der Waals surface area (Å²) in [5.74, 6) is -0.713. The van der Waals surface area contributed by atoms with E-state index in [0.29, 0.717) is 24.9 Å². The summed E-state index contributed by atoms with van der Waals surface area (Å²) in [4.78, 5) is 29.1. The van der Waals surface area contributed by atoms with Crippen LogP contribution < -0.4 is 19.6 Å². The average molecular weight is 1010 g/mol. The lowest BCUT2D eigenvalue weighted by atomic mass is 9.77. The molecule has 3 aliphatic rings. The Balaban J connectivity index is 1.18. The molecule has 1 fully saturated rings. The number of carbonyl (C=O) groups excluding carboxylic acids is 2. The first-order valence-electron chi connectivity index (χ1n) is 23.9. The first-order valence-corrected chi connectivity index (χ1v) is 26.1. The number of esters is 2. The van der Waals surface area contributed by atoms with Crippen LogP contribution in [-0.2, 0) is 49.4 Å². The maximum Gasteiger partial charge on any atom is 0.302 e. The molecule has 9 rings (SSSR count). The third kappa shape index (κ3) is 9.84. The molecule has 0 amide bonds. The fraction of sp³-hybridized carbons (Fsp3) is 0.281. The molecule has 2 aliphatic heterocycles. The van der Waals surface area contributed by atoms with Crippen molar-refractivity contribution < 1.29 is 46.7 Å². The number of carbonyl (C=O) groups is 2. The van der Waals surface area contributed by atoms with Gasteiger partial charge in [0, 0.05) is 88.1 Å². The van der Waals surface area contributed by atoms with Gasteiger partial charge in [-0.15, -0.1) is 0 Å². The number of rotatable bonds is 15. The molecule has 15 heteroatoms. The number of benzene rings is 6. The van der Waals surface area contributed by atoms with Crippen LogP contribution in [0.3, 0.4) is 0 Å². The summed E-state index contributed by atoms with van der Waals surface area (Å²) in [6.07, 6.45) is 8.96. The molecule has 1 unspecified atom stereocenters. The van der Waals surface area contributed by atoms with Crippen molar-refractivity contribution in [2.75, 3.05) is 36.1 Å². The van der Waals surface area contributed by atoms with Gasteiger partial charge in [-0.3, -0.25) is 14.6 Å². The molecule has 0 saturated heterocycles. The van der Waals surface area contributed by atoms with E-state index in [9.17, 15) is 27.8 Å². The standard InChI is InChI=1S/C57H57N3O10S2/c1-37(61)67-33-31-58-49-27-19-41-35-45(71-70-69-63)23-25-47(41)53(49)56(3,4)51(58)29-21-39-17-18-40(55(39)60(43-13-9-7-10-14-43)44-15-11-8-12-16-44)22-30-52-57(5,6)54-48-26-24-46(72(64,65)66)36-42(48)20-28-50(54)59(52)32-34-68-38(2)62/h7-16,19-29,35-36,52H,17-18,30-34H2,1-6H3,(H-,63,64,65,66)/p-1/b40-22+. The van der Waals surface area contributed by atoms with Gasteiger partial charge >= 0.3 is 11.9 Å². The fourth-order valence-corrected chi connectivity index (χ4v) is 12.0. The zero-order valence-electron chi connectivity index (χ0n) is 41.0. The van der Waals surface area contributed by atoms with E-state index in [-0.39, 0.29) is 36.1 Å². The summed E-state index contributed by atoms with van der Waals surface area (Å²) in [5, 5.41) is 17.8. The molecule has 0 radical (unpaired) electrons. The summed E-state index contributed by atoms with van der Waals surface area (Å²) in [6.45, 7) is 12.9. The Labute approximate surface area is 424 Å². The minimum absolute atomic E-state index is 0.108. The van der Waals surface area contributed by atoms with Crippen molar-refractivity contribution >= 4 is 84.1 Å². The smallest absolute Gasteiger partial charge is 0.302 e. The lowest BCUT2D eigenvalue weighted by Crippen LogP contribution is -2.43. The Morgan fingerprint density at radius 2 is 1.33 bits per heavy atom. The van der Waals surface area contributed by atoms with Crippen LogP contribution in [0.15, 0.2) is 166 Å². The van der Waals surface area contributed by atoms with Gasteiger partial charge in [0.1, 0.15) is 23.3 Å². The number of nitrogens with zero attached hydrogens (tertiary/aromatic N) is 3. The second kappa shape index (κ2) is 20.5. The summed E-state index contributed by atoms with van der Waals surface area (Å²) < 4.78 is 54.3. The van der Waals surface area contributed by atoms with E-state index in [0.717, 1.165) is 96.8 Å². The topological polar surface area (TPSA) is 161 Å². The van der Waals surface area contributed by atoms with Crippen LogP contribution in [-0.4, -0.2) is 63.0 Å². The second-order valence-corrected chi connectivity index (χ2v) is 21.5. The van der Waals surface area contributed by atoms with Crippen molar-refractivity contribution in [2.24, 2.45) is 0 Å². The molecule has 1 atom stereocenters. The van der Waals surface area contributed by atoms with Crippen LogP contribution in [0, 0.1) is 0 Å². The van der Waals surface area contributed by atoms with Crippen molar-refractivity contribution in [1.82, 2.24) is 4.58 Å². The number of hydrogen-bond acceptors (Lipinski definition) is 13. The summed E-state index contributed by atoms with van der Waals surface area (Å²) in [6, 6.07) is 39.0. The Kier molecular flexibility index (Phi) is 14.3. The number of allylic oxidation sites excluding steroid dienone is 5. The minimum atomic E-state index is -4.67. The molecule has 0 N–H and O–H groups in total. The molecule has 13 nitrogen and oxygen atoms in total. The van der Waals surface area contributed by atoms with Crippen LogP contribution in [0.25, 0.3) is 21.5 Å². The van der Waals surface area contributed by atoms with E-state index in [4.69, 9.17) is 9.47 Å². The summed E-state index contributed by atoms with van der Waals surface area (Å²) >= 11 is 0.850. The summed E-state index contributed by atoms with van der Waals surface area (Å²) in [7, 11) is -4.67. The number of anilines is 2. The zero-order chi connectivity index (χ0) is 51.0. The van der Waals surface area contributed by atoms with E-state index in [1.165, 1.54) is 31.6 Å². The monoisotopic (exact) mass is 1010 g/mol. The average Bonchev–Trinajstić information content (AvgIpc) is 3.92. The van der Waals surface area contributed by atoms with E-state index in [1.54, 1.807) is 6.07 Å². The maximum atomic E-state index is 12.1. The molecule has 0 bridgehead atoms. The fourth-order valence-electron chi connectivity index (χ4n) is 11.1. The van der Waals surface area contributed by atoms with E-state index >= 15 is 0 Å². The Hall–Kier alpha value is -6.59. The predicted molar refractivity (Wildman–Crippen MR) is 279 cm³/mol. The third-order valence-corrected chi connectivity index (χ3v) is 15.6. The van der Waals surface area contributed by atoms with Crippen LogP contribution in [0.5, 0.6) is 0 Å². The Morgan fingerprint density at radius 3 is 1.97 bits per heavy atom. The van der Waals surface area contributed by atoms with E-state index in [2.05, 4.69) is 100 Å². The van der Waals surface area contributed by atoms with Gasteiger partial charge < -0.3 is 29.1 Å². The van der Waals surface area contributed by atoms with E-state index < -0.39 is 20.9 Å². The third-order valence-electron chi connectivity index (χ3n) is 14.2. The summed E-state index contributed by atoms with van der Waals surface area (Å²) in [5.41, 5.74) is 9.56. The highest BCUT2D eigenvalue weighted by atomic mass is 32.2. The molecule has 0 aromatic heterocycles. The number of para-hydroxylation sites is 2. The van der Waals surface area contributed by atoms with Crippen molar-refractivity contribution in [2.45, 2.75) is 87.5 Å². The van der Waals surface area contributed by atoms with Gasteiger partial charge in [-0.25, -0.2) is 8.42 Å². The molecule has 6 aromatic carbocycles. The molecule has 1 saturated carbocycles. The number of ether oxygens (including phenoxy) is 2. The SMILES string of the molecule is CC(=O)OCCN1/C(=C/C=C2\CC/C(=C\CC3N(CCOC(C)=O)c4ccc5cc(S(=O)(=O)[O-])ccc5c4C3(C)C)C2=[N+](c2ccccc2)c2ccccc2)C(C)(C)c2c1ccc1cc(SOO[O-])ccc21. The first kappa shape index (κ1) is 50.4. The minimum Gasteiger partial charge on any atom is -0.744 e. The predicted octanol–water partition coefficient (Wildman–Crippen LogP) is 10.4. The number of fused-ring (bicyclic) bond motifs is 6. The van der Waals surface area contributed by atoms with Crippen molar-refractivity contribution in [1.29, 1.82) is 0 Å². The molecule has 1 aliphatic carbocycles. The van der Waals surface area contributed by atoms with Crippen LogP contribution >= 0.6 is 12.0 Å². The zero-order valence-corrected chi connectivity index (χ0v) is 42.7. The van der Waals surface area contributed by atoms with Gasteiger partial charge in [-0.05, 0) is 94.4 Å². The van der Waals surface area contributed by atoms with Crippen LogP contribution in [0.4, 0.5) is 22.7 Å². The van der Waals surface area contributed by atoms with Crippen LogP contribution in [0.2, 0.25) is 0 Å². The Morgan fingerprint density at radius 1 is 0.736 bits per heavy atom. The lowest BCUT2D eigenvalue weighted by Gasteiger charge is -2.34. The van der Waals surface area contributed by atoms with Crippen molar-refractivity contribution in [3.63, 3.8) is 0 Å². The highest BCUT2D eigenvalue weighted by Gasteiger charge is 2.46. The maximum absolute atomic E-state index is 12.1. The molecule has 2 heterocycles. The van der Waals surface area contributed by atoms with Gasteiger partial charge in [-0.1, -0.05) is 101 Å². The molecule has 6 aromatic rings. The first-order chi connectivity index (χ1) is 34.5. The van der Waals surface area contributed by atoms with Gasteiger partial charge in [-0.2, -0.15) is 8.91 Å². The van der Waals surface area contributed by atoms with Gasteiger partial charge in [0.2, 0.25) is 17.1 Å². The van der Waals surface area contributed by atoms with Crippen molar-refractivity contribution in [3.8, 4) is 0 Å². The van der Waals surface area contributed by atoms with Gasteiger partial charge in [0.05, 0.1) is 30.0 Å². The molecule has 72 heavy (non-hydrogen) atoms. The highest BCUT2D eigenvalue weighted by Crippen LogP contribution is 2.52. The molecular formula is C57H56N3O10S2-. The molecular weight excluding hydrogens is 951 g/mol. The quantitative estimate of drug-likeness (QED) is 0.0239. The number of hydrogen-bond donors (Lipinski definition) is 0. The molecule has 0 spiro atoms. The van der Waals surface area contributed by atoms with E-state index in [1.807, 2.05) is 72.8 Å². The Bertz CT molecular complexity index is 3290. The largest absolute Gasteiger partial charge is 0.744 e. The normalized spacial score (nSPS) is 18.6. The highest BCUT2D eigenvalue weighted by molar-refractivity contribution is 7.94. The second-order valence-electron chi connectivity index (χ2n) is 19.3. The van der Waals surface area contributed by atoms with Gasteiger partial charge in [0.15, 0.2) is 0 Å². The van der Waals surface area contributed by atoms with Gasteiger partial charge in [0.25, 0.3) is 0 Å².